The van der Waals surface area contributed by atoms with Gasteiger partial charge >= 0.3 is 6.18 Å². The predicted octanol–water partition coefficient (Wildman–Crippen LogP) is 2.74. The van der Waals surface area contributed by atoms with Crippen LogP contribution < -0.4 is 0 Å². The lowest BCUT2D eigenvalue weighted by Gasteiger charge is -2.11. The van der Waals surface area contributed by atoms with Crippen LogP contribution in [0, 0.1) is 12.7 Å². The Bertz CT molecular complexity index is 791. The van der Waals surface area contributed by atoms with Gasteiger partial charge in [0.05, 0.1) is 22.8 Å². The van der Waals surface area contributed by atoms with E-state index < -0.39 is 17.6 Å². The lowest BCUT2D eigenvalue weighted by atomic mass is 10.1. The smallest absolute Gasteiger partial charge is 0.276 e. The molecular formula is C11H6F4N4. The van der Waals surface area contributed by atoms with Crippen LogP contribution >= 0.6 is 0 Å². The average Bonchev–Trinajstić information content (AvgIpc) is 2.69. The van der Waals surface area contributed by atoms with Gasteiger partial charge in [-0.15, -0.1) is 10.2 Å². The second kappa shape index (κ2) is 3.62. The Hall–Kier alpha value is -2.25. The van der Waals surface area contributed by atoms with Gasteiger partial charge in [-0.1, -0.05) is 0 Å². The third-order valence-corrected chi connectivity index (χ3v) is 2.76. The molecule has 98 valence electrons. The van der Waals surface area contributed by atoms with Gasteiger partial charge in [-0.25, -0.2) is 4.39 Å². The van der Waals surface area contributed by atoms with E-state index in [1.807, 2.05) is 0 Å². The monoisotopic (exact) mass is 270 g/mol. The summed E-state index contributed by atoms with van der Waals surface area (Å²) in [5, 5.41) is 7.47. The zero-order valence-electron chi connectivity index (χ0n) is 9.53. The highest BCUT2D eigenvalue weighted by atomic mass is 19.4. The standard InChI is InChI=1S/C11H6F4N4/c1-5-17-18-9-4-16-10-7(11(13,14)15)2-6(12)3-8(10)19(5)9/h2-4H,1H3. The minimum atomic E-state index is -4.68. The number of alkyl halides is 3. The van der Waals surface area contributed by atoms with Gasteiger partial charge in [0.15, 0.2) is 5.65 Å². The van der Waals surface area contributed by atoms with Crippen LogP contribution in [0.15, 0.2) is 18.3 Å². The van der Waals surface area contributed by atoms with Crippen molar-refractivity contribution in [2.24, 2.45) is 0 Å². The number of fused-ring (bicyclic) bond motifs is 3. The highest BCUT2D eigenvalue weighted by Gasteiger charge is 2.34. The van der Waals surface area contributed by atoms with Crippen molar-refractivity contribution in [2.45, 2.75) is 13.1 Å². The Morgan fingerprint density at radius 3 is 2.58 bits per heavy atom. The lowest BCUT2D eigenvalue weighted by Crippen LogP contribution is -2.09. The van der Waals surface area contributed by atoms with Crippen molar-refractivity contribution in [3.8, 4) is 0 Å². The molecule has 0 bridgehead atoms. The molecule has 0 radical (unpaired) electrons. The van der Waals surface area contributed by atoms with Crippen molar-refractivity contribution in [2.75, 3.05) is 0 Å². The molecule has 1 aromatic carbocycles. The van der Waals surface area contributed by atoms with Gasteiger partial charge in [0.2, 0.25) is 0 Å². The second-order valence-corrected chi connectivity index (χ2v) is 4.02. The van der Waals surface area contributed by atoms with Crippen molar-refractivity contribution in [1.82, 2.24) is 19.6 Å². The lowest BCUT2D eigenvalue weighted by molar-refractivity contribution is -0.136. The number of rotatable bonds is 0. The summed E-state index contributed by atoms with van der Waals surface area (Å²) in [6.07, 6.45) is -3.50. The SMILES string of the molecule is Cc1nnc2cnc3c(C(F)(F)F)cc(F)cc3n12. The molecule has 2 aromatic heterocycles. The highest BCUT2D eigenvalue weighted by molar-refractivity contribution is 5.81. The Kier molecular flexibility index (Phi) is 2.25. The van der Waals surface area contributed by atoms with E-state index in [1.165, 1.54) is 10.6 Å². The predicted molar refractivity (Wildman–Crippen MR) is 58.0 cm³/mol. The van der Waals surface area contributed by atoms with Crippen LogP contribution in [0.1, 0.15) is 11.4 Å². The number of aryl methyl sites for hydroxylation is 1. The summed E-state index contributed by atoms with van der Waals surface area (Å²) in [4.78, 5) is 3.72. The van der Waals surface area contributed by atoms with Gasteiger partial charge in [-0.3, -0.25) is 9.38 Å². The minimum Gasteiger partial charge on any atom is -0.276 e. The fourth-order valence-corrected chi connectivity index (χ4v) is 1.99. The van der Waals surface area contributed by atoms with Gasteiger partial charge in [-0.2, -0.15) is 13.2 Å². The van der Waals surface area contributed by atoms with Crippen LogP contribution in [-0.4, -0.2) is 19.6 Å². The van der Waals surface area contributed by atoms with E-state index >= 15 is 0 Å². The maximum absolute atomic E-state index is 13.4. The maximum atomic E-state index is 13.4. The quantitative estimate of drug-likeness (QED) is 0.590. The fourth-order valence-electron chi connectivity index (χ4n) is 1.99. The third-order valence-electron chi connectivity index (χ3n) is 2.76. The molecule has 0 N–H and O–H groups in total. The van der Waals surface area contributed by atoms with E-state index in [4.69, 9.17) is 0 Å². The van der Waals surface area contributed by atoms with Gasteiger partial charge < -0.3 is 0 Å². The molecule has 0 atom stereocenters. The molecule has 3 rings (SSSR count). The summed E-state index contributed by atoms with van der Waals surface area (Å²) in [5.74, 6) is -0.622. The van der Waals surface area contributed by atoms with E-state index in [1.54, 1.807) is 6.92 Å². The number of hydrogen-bond donors (Lipinski definition) is 0. The molecule has 4 nitrogen and oxygen atoms in total. The van der Waals surface area contributed by atoms with E-state index in [2.05, 4.69) is 15.2 Å². The van der Waals surface area contributed by atoms with Gasteiger partial charge in [0.1, 0.15) is 11.6 Å². The summed E-state index contributed by atoms with van der Waals surface area (Å²) >= 11 is 0. The van der Waals surface area contributed by atoms with Crippen molar-refractivity contribution < 1.29 is 17.6 Å². The van der Waals surface area contributed by atoms with Crippen molar-refractivity contribution in [3.63, 3.8) is 0 Å². The summed E-state index contributed by atoms with van der Waals surface area (Å²) in [6.45, 7) is 1.57. The Morgan fingerprint density at radius 2 is 1.89 bits per heavy atom. The van der Waals surface area contributed by atoms with Gasteiger partial charge in [0, 0.05) is 6.07 Å². The fraction of sp³-hybridized carbons (Fsp3) is 0.182. The average molecular weight is 270 g/mol. The minimum absolute atomic E-state index is 0.00711. The largest absolute Gasteiger partial charge is 0.418 e. The Labute approximate surface area is 103 Å². The van der Waals surface area contributed by atoms with Crippen molar-refractivity contribution in [3.05, 3.63) is 35.5 Å². The first-order valence-electron chi connectivity index (χ1n) is 5.25. The Morgan fingerprint density at radius 1 is 1.16 bits per heavy atom. The second-order valence-electron chi connectivity index (χ2n) is 4.02. The Balaban J connectivity index is 2.54. The summed E-state index contributed by atoms with van der Waals surface area (Å²) < 4.78 is 53.4. The molecule has 0 spiro atoms. The summed E-state index contributed by atoms with van der Waals surface area (Å²) in [7, 11) is 0. The van der Waals surface area contributed by atoms with Crippen LogP contribution in [0.5, 0.6) is 0 Å². The van der Waals surface area contributed by atoms with Crippen LogP contribution in [0.4, 0.5) is 17.6 Å². The first kappa shape index (κ1) is 11.8. The number of hydrogen-bond acceptors (Lipinski definition) is 3. The van der Waals surface area contributed by atoms with Crippen LogP contribution in [-0.2, 0) is 6.18 Å². The van der Waals surface area contributed by atoms with Crippen molar-refractivity contribution in [1.29, 1.82) is 0 Å². The molecule has 8 heteroatoms. The first-order valence-corrected chi connectivity index (χ1v) is 5.25. The van der Waals surface area contributed by atoms with Crippen molar-refractivity contribution >= 4 is 16.7 Å². The number of benzene rings is 1. The maximum Gasteiger partial charge on any atom is 0.418 e. The molecule has 3 aromatic rings. The zero-order chi connectivity index (χ0) is 13.8. The number of nitrogens with zero attached hydrogens (tertiary/aromatic N) is 4. The van der Waals surface area contributed by atoms with Gasteiger partial charge in [0.25, 0.3) is 0 Å². The zero-order valence-corrected chi connectivity index (χ0v) is 9.53. The van der Waals surface area contributed by atoms with E-state index in [0.717, 1.165) is 6.07 Å². The third kappa shape index (κ3) is 1.71. The van der Waals surface area contributed by atoms with Crippen LogP contribution in [0.2, 0.25) is 0 Å². The molecule has 0 amide bonds. The van der Waals surface area contributed by atoms with Crippen LogP contribution in [0.25, 0.3) is 16.7 Å². The highest BCUT2D eigenvalue weighted by Crippen LogP contribution is 2.34. The van der Waals surface area contributed by atoms with E-state index in [-0.39, 0.29) is 16.7 Å². The molecule has 0 aliphatic heterocycles. The number of halogens is 4. The molecule has 2 heterocycles. The normalized spacial score (nSPS) is 12.5. The molecule has 0 fully saturated rings. The first-order chi connectivity index (χ1) is 8.88. The molecular weight excluding hydrogens is 264 g/mol. The summed E-state index contributed by atoms with van der Waals surface area (Å²) in [5.41, 5.74) is -1.18. The molecule has 0 unspecified atom stereocenters. The van der Waals surface area contributed by atoms with E-state index in [0.29, 0.717) is 11.9 Å². The van der Waals surface area contributed by atoms with E-state index in [9.17, 15) is 17.6 Å². The molecule has 19 heavy (non-hydrogen) atoms. The molecule has 0 aliphatic carbocycles. The molecule has 0 saturated carbocycles. The molecule has 0 saturated heterocycles. The summed E-state index contributed by atoms with van der Waals surface area (Å²) in [6, 6.07) is 1.42. The van der Waals surface area contributed by atoms with Gasteiger partial charge in [-0.05, 0) is 13.0 Å². The number of aromatic nitrogens is 4. The van der Waals surface area contributed by atoms with Crippen LogP contribution in [0.3, 0.4) is 0 Å². The topological polar surface area (TPSA) is 43.1 Å². The molecule has 0 aliphatic rings.